The van der Waals surface area contributed by atoms with Gasteiger partial charge >= 0.3 is 0 Å². The van der Waals surface area contributed by atoms with Gasteiger partial charge < -0.3 is 11.1 Å². The first-order valence-corrected chi connectivity index (χ1v) is 6.78. The molecule has 3 nitrogen and oxygen atoms in total. The van der Waals surface area contributed by atoms with E-state index in [0.717, 1.165) is 12.0 Å². The lowest BCUT2D eigenvalue weighted by Crippen LogP contribution is -2.34. The second kappa shape index (κ2) is 6.24. The van der Waals surface area contributed by atoms with E-state index in [1.807, 2.05) is 44.2 Å². The molecule has 0 aliphatic heterocycles. The highest BCUT2D eigenvalue weighted by molar-refractivity contribution is 6.00. The topological polar surface area (TPSA) is 55.1 Å². The number of carbonyl (C=O) groups excluding carboxylic acids is 1. The summed E-state index contributed by atoms with van der Waals surface area (Å²) in [6.07, 6.45) is 0.804. The smallest absolute Gasteiger partial charge is 0.253 e. The molecule has 0 bridgehead atoms. The Hall–Kier alpha value is -2.29. The predicted molar refractivity (Wildman–Crippen MR) is 82.7 cm³/mol. The summed E-state index contributed by atoms with van der Waals surface area (Å²) < 4.78 is 0. The fourth-order valence-corrected chi connectivity index (χ4v) is 2.32. The molecule has 104 valence electrons. The molecule has 0 saturated heterocycles. The van der Waals surface area contributed by atoms with E-state index >= 15 is 0 Å². The molecule has 2 aromatic carbocycles. The molecule has 0 fully saturated rings. The molecular weight excluding hydrogens is 248 g/mol. The number of carbonyl (C=O) groups is 1. The van der Waals surface area contributed by atoms with Crippen molar-refractivity contribution in [1.29, 1.82) is 0 Å². The van der Waals surface area contributed by atoms with Crippen LogP contribution in [-0.4, -0.2) is 11.9 Å². The maximum absolute atomic E-state index is 12.3. The summed E-state index contributed by atoms with van der Waals surface area (Å²) in [7, 11) is 0. The number of rotatable bonds is 4. The van der Waals surface area contributed by atoms with Gasteiger partial charge in [-0.1, -0.05) is 42.5 Å². The number of amides is 1. The van der Waals surface area contributed by atoms with Gasteiger partial charge in [-0.25, -0.2) is 0 Å². The van der Waals surface area contributed by atoms with E-state index in [1.54, 1.807) is 6.07 Å². The minimum absolute atomic E-state index is 0.0592. The predicted octanol–water partition coefficient (Wildman–Crippen LogP) is 2.94. The van der Waals surface area contributed by atoms with Crippen molar-refractivity contribution >= 4 is 11.6 Å². The van der Waals surface area contributed by atoms with Crippen LogP contribution in [0.15, 0.2) is 48.5 Å². The first-order valence-electron chi connectivity index (χ1n) is 6.78. The fourth-order valence-electron chi connectivity index (χ4n) is 2.32. The van der Waals surface area contributed by atoms with Crippen LogP contribution in [0.3, 0.4) is 0 Å². The highest BCUT2D eigenvalue weighted by Gasteiger charge is 2.14. The van der Waals surface area contributed by atoms with Gasteiger partial charge in [0.05, 0.1) is 5.56 Å². The van der Waals surface area contributed by atoms with Gasteiger partial charge in [0.25, 0.3) is 5.91 Å². The van der Waals surface area contributed by atoms with Crippen LogP contribution in [-0.2, 0) is 6.42 Å². The van der Waals surface area contributed by atoms with Gasteiger partial charge in [0, 0.05) is 11.7 Å². The molecule has 0 spiro atoms. The highest BCUT2D eigenvalue weighted by Crippen LogP contribution is 2.16. The Balaban J connectivity index is 2.04. The minimum atomic E-state index is -0.107. The van der Waals surface area contributed by atoms with Crippen molar-refractivity contribution in [2.75, 3.05) is 5.73 Å². The van der Waals surface area contributed by atoms with Crippen molar-refractivity contribution in [3.63, 3.8) is 0 Å². The van der Waals surface area contributed by atoms with Crippen LogP contribution in [0, 0.1) is 6.92 Å². The Morgan fingerprint density at radius 2 is 1.85 bits per heavy atom. The molecule has 0 aliphatic rings. The van der Waals surface area contributed by atoms with Crippen LogP contribution in [0.4, 0.5) is 5.69 Å². The Morgan fingerprint density at radius 3 is 2.50 bits per heavy atom. The van der Waals surface area contributed by atoms with Crippen LogP contribution in [0.5, 0.6) is 0 Å². The zero-order valence-electron chi connectivity index (χ0n) is 11.9. The summed E-state index contributed by atoms with van der Waals surface area (Å²) in [6, 6.07) is 15.7. The number of nitrogens with one attached hydrogen (secondary N) is 1. The maximum Gasteiger partial charge on any atom is 0.253 e. The van der Waals surface area contributed by atoms with Crippen LogP contribution in [0.1, 0.15) is 28.4 Å². The third-order valence-corrected chi connectivity index (χ3v) is 3.29. The summed E-state index contributed by atoms with van der Waals surface area (Å²) in [6.45, 7) is 3.90. The fraction of sp³-hybridized carbons (Fsp3) is 0.235. The van der Waals surface area contributed by atoms with Gasteiger partial charge in [-0.05, 0) is 37.5 Å². The molecule has 0 aromatic heterocycles. The first-order chi connectivity index (χ1) is 9.58. The van der Waals surface area contributed by atoms with Crippen molar-refractivity contribution in [1.82, 2.24) is 5.32 Å². The summed E-state index contributed by atoms with van der Waals surface area (Å²) in [5.41, 5.74) is 9.09. The van der Waals surface area contributed by atoms with Crippen molar-refractivity contribution in [2.24, 2.45) is 0 Å². The largest absolute Gasteiger partial charge is 0.398 e. The molecule has 2 rings (SSSR count). The number of anilines is 1. The summed E-state index contributed by atoms with van der Waals surface area (Å²) in [5.74, 6) is -0.107. The van der Waals surface area contributed by atoms with E-state index in [4.69, 9.17) is 5.73 Å². The molecule has 0 saturated carbocycles. The molecule has 1 amide bonds. The molecule has 1 atom stereocenters. The van der Waals surface area contributed by atoms with E-state index in [2.05, 4.69) is 17.4 Å². The summed E-state index contributed by atoms with van der Waals surface area (Å²) in [4.78, 5) is 12.3. The average Bonchev–Trinajstić information content (AvgIpc) is 2.39. The molecule has 2 aromatic rings. The molecule has 3 N–H and O–H groups in total. The lowest BCUT2D eigenvalue weighted by atomic mass is 10.0. The normalized spacial score (nSPS) is 11.9. The third-order valence-electron chi connectivity index (χ3n) is 3.29. The average molecular weight is 268 g/mol. The van der Waals surface area contributed by atoms with Crippen molar-refractivity contribution < 1.29 is 4.79 Å². The second-order valence-corrected chi connectivity index (χ2v) is 5.10. The lowest BCUT2D eigenvalue weighted by Gasteiger charge is -2.16. The van der Waals surface area contributed by atoms with Crippen LogP contribution < -0.4 is 11.1 Å². The van der Waals surface area contributed by atoms with Gasteiger partial charge in [0.2, 0.25) is 0 Å². The zero-order chi connectivity index (χ0) is 14.5. The van der Waals surface area contributed by atoms with Gasteiger partial charge in [-0.2, -0.15) is 0 Å². The number of benzene rings is 2. The maximum atomic E-state index is 12.3. The van der Waals surface area contributed by atoms with Crippen LogP contribution >= 0.6 is 0 Å². The van der Waals surface area contributed by atoms with Gasteiger partial charge in [0.1, 0.15) is 0 Å². The van der Waals surface area contributed by atoms with Crippen LogP contribution in [0.2, 0.25) is 0 Å². The minimum Gasteiger partial charge on any atom is -0.398 e. The first kappa shape index (κ1) is 14.1. The molecule has 0 radical (unpaired) electrons. The van der Waals surface area contributed by atoms with E-state index in [-0.39, 0.29) is 11.9 Å². The standard InChI is InChI=1S/C17H20N2O/c1-12-7-6-10-15(18)16(12)17(20)19-13(2)11-14-8-4-3-5-9-14/h3-10,13H,11,18H2,1-2H3,(H,19,20). The summed E-state index contributed by atoms with van der Waals surface area (Å²) in [5, 5.41) is 3.01. The van der Waals surface area contributed by atoms with Crippen LogP contribution in [0.25, 0.3) is 0 Å². The van der Waals surface area contributed by atoms with Gasteiger partial charge in [-0.15, -0.1) is 0 Å². The monoisotopic (exact) mass is 268 g/mol. The lowest BCUT2D eigenvalue weighted by molar-refractivity contribution is 0.0940. The number of nitrogen functional groups attached to an aromatic ring is 1. The summed E-state index contributed by atoms with van der Waals surface area (Å²) >= 11 is 0. The highest BCUT2D eigenvalue weighted by atomic mass is 16.1. The molecule has 1 unspecified atom stereocenters. The Labute approximate surface area is 119 Å². The SMILES string of the molecule is Cc1cccc(N)c1C(=O)NC(C)Cc1ccccc1. The van der Waals surface area contributed by atoms with E-state index < -0.39 is 0 Å². The van der Waals surface area contributed by atoms with Crippen molar-refractivity contribution in [3.8, 4) is 0 Å². The number of nitrogens with two attached hydrogens (primary N) is 1. The molecule has 0 heterocycles. The molecule has 20 heavy (non-hydrogen) atoms. The van der Waals surface area contributed by atoms with Crippen molar-refractivity contribution in [3.05, 3.63) is 65.2 Å². The number of hydrogen-bond donors (Lipinski definition) is 2. The molecule has 0 aliphatic carbocycles. The Kier molecular flexibility index (Phi) is 4.41. The van der Waals surface area contributed by atoms with E-state index in [1.165, 1.54) is 5.56 Å². The van der Waals surface area contributed by atoms with E-state index in [9.17, 15) is 4.79 Å². The van der Waals surface area contributed by atoms with Crippen molar-refractivity contribution in [2.45, 2.75) is 26.3 Å². The molecular formula is C17H20N2O. The Morgan fingerprint density at radius 1 is 1.15 bits per heavy atom. The van der Waals surface area contributed by atoms with Gasteiger partial charge in [-0.3, -0.25) is 4.79 Å². The quantitative estimate of drug-likeness (QED) is 0.838. The number of hydrogen-bond acceptors (Lipinski definition) is 2. The van der Waals surface area contributed by atoms with Gasteiger partial charge in [0.15, 0.2) is 0 Å². The molecule has 3 heteroatoms. The number of aryl methyl sites for hydroxylation is 1. The second-order valence-electron chi connectivity index (χ2n) is 5.10. The zero-order valence-corrected chi connectivity index (χ0v) is 11.9. The van der Waals surface area contributed by atoms with E-state index in [0.29, 0.717) is 11.3 Å². The third kappa shape index (κ3) is 3.38. The Bertz CT molecular complexity index is 573.